The molecule has 0 aromatic carbocycles. The lowest BCUT2D eigenvalue weighted by Gasteiger charge is -2.13. The summed E-state index contributed by atoms with van der Waals surface area (Å²) in [6.45, 7) is 3.71. The summed E-state index contributed by atoms with van der Waals surface area (Å²) in [6.07, 6.45) is 1.33. The molecule has 1 aliphatic carbocycles. The van der Waals surface area contributed by atoms with Crippen molar-refractivity contribution in [3.63, 3.8) is 0 Å². The van der Waals surface area contributed by atoms with Crippen molar-refractivity contribution in [2.45, 2.75) is 32.7 Å². The smallest absolute Gasteiger partial charge is 0.241 e. The predicted octanol–water partition coefficient (Wildman–Crippen LogP) is 2.07. The van der Waals surface area contributed by atoms with E-state index in [0.717, 1.165) is 11.5 Å². The number of nitrogens with zero attached hydrogens (tertiary/aromatic N) is 1. The first-order valence-electron chi connectivity index (χ1n) is 5.36. The summed E-state index contributed by atoms with van der Waals surface area (Å²) >= 11 is 0. The summed E-state index contributed by atoms with van der Waals surface area (Å²) in [7, 11) is 0. The van der Waals surface area contributed by atoms with E-state index in [2.05, 4.69) is 11.4 Å². The minimum absolute atomic E-state index is 0.184. The predicted molar refractivity (Wildman–Crippen MR) is 57.3 cm³/mol. The van der Waals surface area contributed by atoms with Crippen LogP contribution in [0.5, 0.6) is 0 Å². The molecule has 1 N–H and O–H groups in total. The van der Waals surface area contributed by atoms with Crippen molar-refractivity contribution in [3.8, 4) is 6.07 Å². The van der Waals surface area contributed by atoms with Gasteiger partial charge in [0.2, 0.25) is 5.91 Å². The second kappa shape index (κ2) is 3.67. The van der Waals surface area contributed by atoms with E-state index in [1.54, 1.807) is 0 Å². The molecule has 0 radical (unpaired) electrons. The number of carbonyl (C=O) groups is 1. The highest BCUT2D eigenvalue weighted by atomic mass is 16.3. The van der Waals surface area contributed by atoms with Gasteiger partial charge in [0.15, 0.2) is 0 Å². The number of rotatable bonds is 3. The van der Waals surface area contributed by atoms with Crippen LogP contribution in [0.15, 0.2) is 16.5 Å². The molecule has 2 rings (SSSR count). The molecule has 1 unspecified atom stereocenters. The summed E-state index contributed by atoms with van der Waals surface area (Å²) in [5, 5.41) is 11.7. The standard InChI is InChI=1S/C12H14N2O2/c1-8-3-4-10(16-8)9(2)14-11(15)12(7-13)5-6-12/h3-4,9H,5-6H2,1-2H3,(H,14,15). The van der Waals surface area contributed by atoms with Crippen LogP contribution in [0.4, 0.5) is 0 Å². The van der Waals surface area contributed by atoms with Gasteiger partial charge in [-0.2, -0.15) is 5.26 Å². The number of carbonyl (C=O) groups excluding carboxylic acids is 1. The molecule has 1 aromatic rings. The van der Waals surface area contributed by atoms with Gasteiger partial charge in [-0.25, -0.2) is 0 Å². The molecular weight excluding hydrogens is 204 g/mol. The Morgan fingerprint density at radius 2 is 2.31 bits per heavy atom. The lowest BCUT2D eigenvalue weighted by atomic mass is 10.1. The van der Waals surface area contributed by atoms with Crippen LogP contribution < -0.4 is 5.32 Å². The molecule has 0 aliphatic heterocycles. The highest BCUT2D eigenvalue weighted by molar-refractivity contribution is 5.88. The van der Waals surface area contributed by atoms with Crippen LogP contribution in [0.1, 0.15) is 37.3 Å². The number of amides is 1. The van der Waals surface area contributed by atoms with Crippen molar-refractivity contribution in [3.05, 3.63) is 23.7 Å². The van der Waals surface area contributed by atoms with Crippen LogP contribution in [0.2, 0.25) is 0 Å². The summed E-state index contributed by atoms with van der Waals surface area (Å²) in [5.74, 6) is 1.36. The van der Waals surface area contributed by atoms with E-state index in [1.165, 1.54) is 0 Å². The Morgan fingerprint density at radius 1 is 1.62 bits per heavy atom. The van der Waals surface area contributed by atoms with E-state index in [4.69, 9.17) is 9.68 Å². The second-order valence-corrected chi connectivity index (χ2v) is 4.34. The zero-order chi connectivity index (χ0) is 11.8. The van der Waals surface area contributed by atoms with Gasteiger partial charge in [-0.15, -0.1) is 0 Å². The molecule has 1 amide bonds. The number of nitriles is 1. The molecule has 16 heavy (non-hydrogen) atoms. The van der Waals surface area contributed by atoms with Crippen LogP contribution in [-0.2, 0) is 4.79 Å². The van der Waals surface area contributed by atoms with E-state index in [1.807, 2.05) is 26.0 Å². The van der Waals surface area contributed by atoms with Gasteiger partial charge in [0.1, 0.15) is 16.9 Å². The maximum absolute atomic E-state index is 11.8. The largest absolute Gasteiger partial charge is 0.464 e. The Morgan fingerprint density at radius 3 is 2.75 bits per heavy atom. The molecule has 0 spiro atoms. The second-order valence-electron chi connectivity index (χ2n) is 4.34. The minimum Gasteiger partial charge on any atom is -0.464 e. The Hall–Kier alpha value is -1.76. The number of nitrogens with one attached hydrogen (secondary N) is 1. The van der Waals surface area contributed by atoms with Gasteiger partial charge in [0.05, 0.1) is 12.1 Å². The highest BCUT2D eigenvalue weighted by Gasteiger charge is 2.51. The van der Waals surface area contributed by atoms with Gasteiger partial charge in [-0.3, -0.25) is 4.79 Å². The van der Waals surface area contributed by atoms with Gasteiger partial charge < -0.3 is 9.73 Å². The van der Waals surface area contributed by atoms with Crippen LogP contribution in [0, 0.1) is 23.7 Å². The fraction of sp³-hybridized carbons (Fsp3) is 0.500. The van der Waals surface area contributed by atoms with Crippen molar-refractivity contribution in [2.75, 3.05) is 0 Å². The van der Waals surface area contributed by atoms with Crippen molar-refractivity contribution >= 4 is 5.91 Å². The van der Waals surface area contributed by atoms with Gasteiger partial charge in [0, 0.05) is 0 Å². The molecule has 0 saturated heterocycles. The van der Waals surface area contributed by atoms with Crippen molar-refractivity contribution < 1.29 is 9.21 Å². The molecular formula is C12H14N2O2. The topological polar surface area (TPSA) is 66.0 Å². The Balaban J connectivity index is 2.01. The molecule has 84 valence electrons. The van der Waals surface area contributed by atoms with Crippen LogP contribution in [0.3, 0.4) is 0 Å². The molecule has 4 heteroatoms. The van der Waals surface area contributed by atoms with E-state index in [0.29, 0.717) is 12.8 Å². The minimum atomic E-state index is -0.768. The molecule has 1 aliphatic rings. The Labute approximate surface area is 94.2 Å². The van der Waals surface area contributed by atoms with E-state index in [9.17, 15) is 4.79 Å². The first-order valence-corrected chi connectivity index (χ1v) is 5.36. The van der Waals surface area contributed by atoms with E-state index >= 15 is 0 Å². The normalized spacial score (nSPS) is 18.6. The van der Waals surface area contributed by atoms with Gasteiger partial charge >= 0.3 is 0 Å². The van der Waals surface area contributed by atoms with Crippen LogP contribution >= 0.6 is 0 Å². The third-order valence-corrected chi connectivity index (χ3v) is 2.93. The SMILES string of the molecule is Cc1ccc(C(C)NC(=O)C2(C#N)CC2)o1. The monoisotopic (exact) mass is 218 g/mol. The maximum atomic E-state index is 11.8. The highest BCUT2D eigenvalue weighted by Crippen LogP contribution is 2.45. The van der Waals surface area contributed by atoms with Gasteiger partial charge in [-0.05, 0) is 38.8 Å². The van der Waals surface area contributed by atoms with Crippen molar-refractivity contribution in [1.82, 2.24) is 5.32 Å². The zero-order valence-electron chi connectivity index (χ0n) is 9.41. The van der Waals surface area contributed by atoms with E-state index in [-0.39, 0.29) is 11.9 Å². The fourth-order valence-corrected chi connectivity index (χ4v) is 1.61. The molecule has 1 heterocycles. The average molecular weight is 218 g/mol. The Bertz CT molecular complexity index is 452. The summed E-state index contributed by atoms with van der Waals surface area (Å²) in [4.78, 5) is 11.8. The van der Waals surface area contributed by atoms with E-state index < -0.39 is 5.41 Å². The third kappa shape index (κ3) is 1.81. The zero-order valence-corrected chi connectivity index (χ0v) is 9.41. The molecule has 4 nitrogen and oxygen atoms in total. The third-order valence-electron chi connectivity index (χ3n) is 2.93. The number of hydrogen-bond donors (Lipinski definition) is 1. The molecule has 1 aromatic heterocycles. The summed E-state index contributed by atoms with van der Waals surface area (Å²) in [6, 6.07) is 5.58. The number of furan rings is 1. The number of hydrogen-bond acceptors (Lipinski definition) is 3. The first-order chi connectivity index (χ1) is 7.57. The van der Waals surface area contributed by atoms with Crippen molar-refractivity contribution in [1.29, 1.82) is 5.26 Å². The number of aryl methyl sites for hydroxylation is 1. The van der Waals surface area contributed by atoms with Crippen LogP contribution in [0.25, 0.3) is 0 Å². The van der Waals surface area contributed by atoms with Crippen LogP contribution in [-0.4, -0.2) is 5.91 Å². The maximum Gasteiger partial charge on any atom is 0.241 e. The lowest BCUT2D eigenvalue weighted by Crippen LogP contribution is -2.33. The first kappa shape index (κ1) is 10.7. The van der Waals surface area contributed by atoms with Crippen molar-refractivity contribution in [2.24, 2.45) is 5.41 Å². The average Bonchev–Trinajstić information content (AvgIpc) is 2.95. The summed E-state index contributed by atoms with van der Waals surface area (Å²) < 4.78 is 5.42. The lowest BCUT2D eigenvalue weighted by molar-refractivity contribution is -0.125. The fourth-order valence-electron chi connectivity index (χ4n) is 1.61. The molecule has 0 bridgehead atoms. The molecule has 1 fully saturated rings. The molecule has 1 atom stereocenters. The molecule has 1 saturated carbocycles. The van der Waals surface area contributed by atoms with Gasteiger partial charge in [-0.1, -0.05) is 0 Å². The Kier molecular flexibility index (Phi) is 2.47. The quantitative estimate of drug-likeness (QED) is 0.844. The van der Waals surface area contributed by atoms with Gasteiger partial charge in [0.25, 0.3) is 0 Å². The summed E-state index contributed by atoms with van der Waals surface area (Å²) in [5.41, 5.74) is -0.768.